The first-order valence-electron chi connectivity index (χ1n) is 45.3. The maximum atomic E-state index is 11.1. The first-order valence-corrected chi connectivity index (χ1v) is 23.8. The van der Waals surface area contributed by atoms with Crippen molar-refractivity contribution >= 4 is 72.4 Å². The summed E-state index contributed by atoms with van der Waals surface area (Å²) in [6.45, 7) is 0. The molecule has 0 unspecified atom stereocenters. The number of fused-ring (bicyclic) bond motifs is 6. The zero-order valence-corrected chi connectivity index (χ0v) is 38.4. The fourth-order valence-corrected chi connectivity index (χ4v) is 12.4. The molecule has 11 aromatic carbocycles. The van der Waals surface area contributed by atoms with Gasteiger partial charge in [-0.1, -0.05) is 266 Å². The Morgan fingerprint density at radius 2 is 0.760 bits per heavy atom. The molecule has 0 spiro atoms. The number of hydrogen-bond acceptors (Lipinski definition) is 2. The van der Waals surface area contributed by atoms with Crippen LogP contribution in [0.2, 0.25) is 0 Å². The molecule has 14 rings (SSSR count). The van der Waals surface area contributed by atoms with E-state index < -0.39 is 413 Å². The molecular formula is C70H48N4Si. The number of rotatable bonds is 10. The minimum absolute atomic E-state index is 0.492. The van der Waals surface area contributed by atoms with Crippen LogP contribution in [0, 0.1) is 0 Å². The monoisotopic (exact) mass is 1020 g/mol. The summed E-state index contributed by atoms with van der Waals surface area (Å²) in [5.41, 5.74) is -12.9. The summed E-state index contributed by atoms with van der Waals surface area (Å²) in [5, 5.41) is -9.36. The molecule has 0 fully saturated rings. The molecule has 75 heavy (non-hydrogen) atoms. The lowest BCUT2D eigenvalue weighted by Gasteiger charge is -2.35. The fourth-order valence-electron chi connectivity index (χ4n) is 8.77. The summed E-state index contributed by atoms with van der Waals surface area (Å²) in [4.78, 5) is 9.57. The van der Waals surface area contributed by atoms with Crippen LogP contribution in [0.3, 0.4) is 0 Å². The molecule has 14 aromatic rings. The number of aromatic nitrogens is 4. The lowest BCUT2D eigenvalue weighted by atomic mass is 9.99. The van der Waals surface area contributed by atoms with Crippen molar-refractivity contribution in [1.82, 2.24) is 19.1 Å². The van der Waals surface area contributed by atoms with Gasteiger partial charge in [-0.3, -0.25) is 9.13 Å². The Labute approximate surface area is 502 Å². The van der Waals surface area contributed by atoms with E-state index >= 15 is 0 Å². The fraction of sp³-hybridized carbons (Fsp3) is 0. The van der Waals surface area contributed by atoms with Crippen molar-refractivity contribution in [2.45, 2.75) is 0 Å². The van der Waals surface area contributed by atoms with E-state index in [1.165, 1.54) is 0 Å². The van der Waals surface area contributed by atoms with Crippen molar-refractivity contribution in [3.05, 3.63) is 290 Å². The third-order valence-corrected chi connectivity index (χ3v) is 15.8. The molecule has 0 saturated carbocycles. The van der Waals surface area contributed by atoms with Gasteiger partial charge in [0.25, 0.3) is 0 Å². The number of para-hydroxylation sites is 3. The molecule has 0 radical (unpaired) electrons. The molecule has 4 nitrogen and oxygen atoms in total. The molecule has 0 N–H and O–H groups in total. The summed E-state index contributed by atoms with van der Waals surface area (Å²) in [5.74, 6) is -2.50. The Hall–Kier alpha value is -9.68. The van der Waals surface area contributed by atoms with Gasteiger partial charge in [-0.15, -0.1) is 0 Å². The van der Waals surface area contributed by atoms with Crippen molar-refractivity contribution in [2.24, 2.45) is 0 Å². The van der Waals surface area contributed by atoms with E-state index in [1.807, 2.05) is 0 Å². The van der Waals surface area contributed by atoms with Crippen LogP contribution in [-0.2, 0) is 0 Å². The van der Waals surface area contributed by atoms with Crippen LogP contribution in [0.5, 0.6) is 0 Å². The van der Waals surface area contributed by atoms with Gasteiger partial charge in [-0.05, 0) is 66.7 Å². The molecule has 5 heteroatoms. The average Bonchev–Trinajstić information content (AvgIpc) is 0.736. The second kappa shape index (κ2) is 18.4. The van der Waals surface area contributed by atoms with Gasteiger partial charge >= 0.3 is 0 Å². The van der Waals surface area contributed by atoms with E-state index in [0.29, 0.717) is 15.2 Å². The highest BCUT2D eigenvalue weighted by atomic mass is 28.3. The van der Waals surface area contributed by atoms with Crippen LogP contribution in [0.25, 0.3) is 100 Å². The Balaban J connectivity index is 1.34. The third kappa shape index (κ3) is 7.35. The number of nitrogens with zero attached hydrogens (tertiary/aromatic N) is 4. The normalized spacial score (nSPS) is 20.5. The summed E-state index contributed by atoms with van der Waals surface area (Å²) >= 11 is 0. The van der Waals surface area contributed by atoms with Crippen LogP contribution >= 0.6 is 0 Å². The van der Waals surface area contributed by atoms with Crippen LogP contribution < -0.4 is 20.7 Å². The minimum Gasteiger partial charge on any atom is -0.293 e. The van der Waals surface area contributed by atoms with E-state index in [4.69, 9.17) is 27.8 Å². The maximum absolute atomic E-state index is 11.1. The van der Waals surface area contributed by atoms with Crippen molar-refractivity contribution in [3.63, 3.8) is 0 Å². The van der Waals surface area contributed by atoms with Crippen LogP contribution in [0.4, 0.5) is 0 Å². The molecule has 352 valence electrons. The Morgan fingerprint density at radius 3 is 1.41 bits per heavy atom. The molecule has 0 bridgehead atoms. The highest BCUT2D eigenvalue weighted by Crippen LogP contribution is 2.41. The summed E-state index contributed by atoms with van der Waals surface area (Å²) in [6.07, 6.45) is 0. The molecule has 3 heterocycles. The first-order chi connectivity index (χ1) is 56.7. The molecule has 0 aliphatic heterocycles. The van der Waals surface area contributed by atoms with E-state index in [2.05, 4.69) is 0 Å². The molecule has 0 aliphatic carbocycles. The van der Waals surface area contributed by atoms with Gasteiger partial charge in [0, 0.05) is 38.7 Å². The van der Waals surface area contributed by atoms with Crippen LogP contribution in [-0.4, -0.2) is 27.2 Å². The average molecular weight is 1020 g/mol. The summed E-state index contributed by atoms with van der Waals surface area (Å²) < 4.78 is 445. The zero-order valence-electron chi connectivity index (χ0n) is 84.4. The third-order valence-electron chi connectivity index (χ3n) is 11.8. The molecule has 3 aromatic heterocycles. The molecule has 0 saturated heterocycles. The SMILES string of the molecule is [2H]c1c([2H])c([2H])c(-c2c([2H])c([2H])c([2H])c([Si](c3c([2H])c([2H])c([2H])c([2H])c3[2H])(c3c([2H])c([2H])c([2H])c([2H])c3[2H])c3c([2H])c([2H])c([2H])c(-c4cc(-n5c6c([2H])c([2H])c([2H])c([2H])c6c6c([2H])c([2H])c([2H])c(-c7c([2H])c([2H])c([2H])c([2H])c7[2H])c65)nc(-n5c6c([2H])c([2H])c([2H])c([2H])c6c6c(-c7c([2H])c([2H])c([2H])c([2H])c7[2H])c([2H])c([2H])c([2H])c65)n4)c3[2H])c2[2H])c([2H])c1[2H]. The highest BCUT2D eigenvalue weighted by molar-refractivity contribution is 7.20. The van der Waals surface area contributed by atoms with E-state index in [9.17, 15) is 46.6 Å². The molecule has 0 atom stereocenters. The number of benzene rings is 11. The van der Waals surface area contributed by atoms with Gasteiger partial charge in [0.1, 0.15) is 5.82 Å². The minimum atomic E-state index is -7.13. The lowest BCUT2D eigenvalue weighted by Crippen LogP contribution is -2.74. The van der Waals surface area contributed by atoms with Gasteiger partial charge < -0.3 is 0 Å². The second-order valence-corrected chi connectivity index (χ2v) is 19.2. The van der Waals surface area contributed by atoms with E-state index in [-0.39, 0.29) is 0 Å². The lowest BCUT2D eigenvalue weighted by molar-refractivity contribution is 0.952. The highest BCUT2D eigenvalue weighted by Gasteiger charge is 2.42. The Bertz CT molecular complexity index is 7080. The second-order valence-electron chi connectivity index (χ2n) is 15.7. The Morgan fingerprint density at radius 1 is 0.320 bits per heavy atom. The van der Waals surface area contributed by atoms with Gasteiger partial charge in [0.15, 0.2) is 8.07 Å². The van der Waals surface area contributed by atoms with Crippen molar-refractivity contribution in [3.8, 4) is 56.4 Å². The van der Waals surface area contributed by atoms with Gasteiger partial charge in [-0.2, -0.15) is 4.98 Å². The topological polar surface area (TPSA) is 35.6 Å². The van der Waals surface area contributed by atoms with Gasteiger partial charge in [0.2, 0.25) is 5.95 Å². The predicted octanol–water partition coefficient (Wildman–Crippen LogP) is 14.7. The van der Waals surface area contributed by atoms with Crippen molar-refractivity contribution in [2.75, 3.05) is 0 Å². The predicted molar refractivity (Wildman–Crippen MR) is 316 cm³/mol. The summed E-state index contributed by atoms with van der Waals surface area (Å²) in [6, 6.07) is -59.9. The quantitative estimate of drug-likeness (QED) is 0.101. The van der Waals surface area contributed by atoms with Crippen LogP contribution in [0.15, 0.2) is 290 Å². The van der Waals surface area contributed by atoms with Gasteiger partial charge in [0.05, 0.1) is 92.2 Å². The Kier molecular flexibility index (Phi) is 4.23. The van der Waals surface area contributed by atoms with Crippen molar-refractivity contribution < 1.29 is 64.4 Å². The zero-order chi connectivity index (χ0) is 90.6. The van der Waals surface area contributed by atoms with E-state index in [1.54, 1.807) is 0 Å². The number of hydrogen-bond donors (Lipinski definition) is 0. The smallest absolute Gasteiger partial charge is 0.237 e. The largest absolute Gasteiger partial charge is 0.293 e. The van der Waals surface area contributed by atoms with Crippen LogP contribution in [0.1, 0.15) is 64.4 Å². The summed E-state index contributed by atoms with van der Waals surface area (Å²) in [7, 11) is -7.13. The first kappa shape index (κ1) is 17.2. The van der Waals surface area contributed by atoms with Crippen molar-refractivity contribution in [1.29, 1.82) is 0 Å². The standard InChI is InChI=1S/C70H48N4Si/c1-6-24-49(25-7-1)52-30-20-36-56(46-52)75(54-32-12-4-13-33-54,55-34-14-5-15-35-55)57-37-21-31-53(47-57)63-48-67(74-64-43-18-16-38-60(64)61-42-22-41-59(69(61)74)51-28-10-3-11-29-51)72-70(71-63)73-65-44-19-17-39-62(65)68-58(40-23-45-66(68)73)50-26-8-2-9-27-50/h1-48H/i1D,2D,3D,4D,5D,6D,7D,8D,9D,10D,11D,12D,13D,14D,15D,16D,17D,18D,19D,20D,21D,22D,23D,24D,25D,26D,27D,28D,29D,30D,31D,32D,33D,34D,35D,36D,37D,38D,39D,40D,41D,42D,43D,44D,45D,46D,47D. The molecule has 0 amide bonds. The molecule has 0 aliphatic rings. The maximum Gasteiger partial charge on any atom is 0.237 e. The van der Waals surface area contributed by atoms with Gasteiger partial charge in [-0.25, -0.2) is 4.98 Å². The van der Waals surface area contributed by atoms with E-state index in [0.717, 1.165) is 0 Å². The molecular weight excluding hydrogens is 925 g/mol.